The lowest BCUT2D eigenvalue weighted by Crippen LogP contribution is -2.24. The van der Waals surface area contributed by atoms with E-state index in [0.717, 1.165) is 22.0 Å². The maximum atomic E-state index is 12.1. The van der Waals surface area contributed by atoms with Crippen molar-refractivity contribution in [1.29, 1.82) is 0 Å². The van der Waals surface area contributed by atoms with Crippen LogP contribution in [-0.4, -0.2) is 17.5 Å². The summed E-state index contributed by atoms with van der Waals surface area (Å²) in [7, 11) is 0. The number of thiophene rings is 1. The van der Waals surface area contributed by atoms with Crippen LogP contribution in [0.25, 0.3) is 10.6 Å². The molecule has 1 N–H and O–H groups in total. The number of nitrogens with zero attached hydrogens (tertiary/aromatic N) is 1. The summed E-state index contributed by atoms with van der Waals surface area (Å²) >= 11 is 3.22. The van der Waals surface area contributed by atoms with Gasteiger partial charge in [-0.15, -0.1) is 22.7 Å². The van der Waals surface area contributed by atoms with Crippen molar-refractivity contribution in [2.75, 3.05) is 6.61 Å². The summed E-state index contributed by atoms with van der Waals surface area (Å²) in [4.78, 5) is 17.9. The molecule has 2 heterocycles. The van der Waals surface area contributed by atoms with Gasteiger partial charge in [-0.1, -0.05) is 0 Å². The lowest BCUT2D eigenvalue weighted by Gasteiger charge is -2.04. The highest BCUT2D eigenvalue weighted by atomic mass is 32.1. The van der Waals surface area contributed by atoms with E-state index in [-0.39, 0.29) is 5.91 Å². The highest BCUT2D eigenvalue weighted by molar-refractivity contribution is 7.13. The molecule has 6 heteroatoms. The van der Waals surface area contributed by atoms with E-state index in [0.29, 0.717) is 19.6 Å². The van der Waals surface area contributed by atoms with E-state index in [1.54, 1.807) is 22.7 Å². The maximum Gasteiger partial charge on any atom is 0.226 e. The maximum absolute atomic E-state index is 12.1. The number of nitrogens with one attached hydrogen (secondary N) is 1. The predicted molar refractivity (Wildman–Crippen MR) is 103 cm³/mol. The predicted octanol–water partition coefficient (Wildman–Crippen LogP) is 4.44. The van der Waals surface area contributed by atoms with Crippen LogP contribution in [0, 0.1) is 6.92 Å². The van der Waals surface area contributed by atoms with Crippen molar-refractivity contribution in [2.45, 2.75) is 26.8 Å². The van der Waals surface area contributed by atoms with Crippen LogP contribution in [0.3, 0.4) is 0 Å². The molecule has 3 aromatic rings. The summed E-state index contributed by atoms with van der Waals surface area (Å²) in [6.45, 7) is 5.26. The fourth-order valence-electron chi connectivity index (χ4n) is 2.37. The van der Waals surface area contributed by atoms with Crippen LogP contribution in [-0.2, 0) is 17.8 Å². The van der Waals surface area contributed by atoms with Crippen LogP contribution in [0.2, 0.25) is 0 Å². The van der Waals surface area contributed by atoms with Gasteiger partial charge >= 0.3 is 0 Å². The number of ether oxygens (including phenoxy) is 1. The van der Waals surface area contributed by atoms with Gasteiger partial charge in [-0.05, 0) is 55.1 Å². The molecule has 0 bridgehead atoms. The number of carbonyl (C=O) groups excluding carboxylic acids is 1. The molecule has 0 unspecified atom stereocenters. The van der Waals surface area contributed by atoms with E-state index in [4.69, 9.17) is 4.74 Å². The minimum atomic E-state index is -0.00339. The van der Waals surface area contributed by atoms with E-state index in [1.165, 1.54) is 10.4 Å². The molecule has 0 aliphatic heterocycles. The van der Waals surface area contributed by atoms with Crippen molar-refractivity contribution in [3.05, 3.63) is 57.2 Å². The Morgan fingerprint density at radius 2 is 2.00 bits per heavy atom. The van der Waals surface area contributed by atoms with Crippen molar-refractivity contribution >= 4 is 28.6 Å². The van der Waals surface area contributed by atoms with Crippen molar-refractivity contribution < 1.29 is 9.53 Å². The van der Waals surface area contributed by atoms with Crippen LogP contribution in [0.4, 0.5) is 0 Å². The number of hydrogen-bond donors (Lipinski definition) is 1. The lowest BCUT2D eigenvalue weighted by atomic mass is 10.2. The van der Waals surface area contributed by atoms with Gasteiger partial charge < -0.3 is 10.1 Å². The van der Waals surface area contributed by atoms with Crippen LogP contribution in [0.1, 0.15) is 23.1 Å². The first kappa shape index (κ1) is 17.6. The van der Waals surface area contributed by atoms with Gasteiger partial charge in [-0.2, -0.15) is 0 Å². The Balaban J connectivity index is 1.57. The van der Waals surface area contributed by atoms with Crippen molar-refractivity contribution in [3.8, 4) is 16.3 Å². The van der Waals surface area contributed by atoms with E-state index < -0.39 is 0 Å². The van der Waals surface area contributed by atoms with Gasteiger partial charge in [0.25, 0.3) is 0 Å². The first-order valence-corrected chi connectivity index (χ1v) is 9.89. The first-order chi connectivity index (χ1) is 12.2. The quantitative estimate of drug-likeness (QED) is 0.667. The molecule has 0 spiro atoms. The van der Waals surface area contributed by atoms with Crippen molar-refractivity contribution in [2.24, 2.45) is 0 Å². The zero-order valence-electron chi connectivity index (χ0n) is 14.2. The summed E-state index contributed by atoms with van der Waals surface area (Å²) in [6, 6.07) is 9.93. The highest BCUT2D eigenvalue weighted by Crippen LogP contribution is 2.26. The second-order valence-corrected chi connectivity index (χ2v) is 7.44. The molecular formula is C19H20N2O2S2. The van der Waals surface area contributed by atoms with E-state index in [9.17, 15) is 4.79 Å². The number of thiazole rings is 1. The zero-order chi connectivity index (χ0) is 17.6. The lowest BCUT2D eigenvalue weighted by molar-refractivity contribution is -0.120. The zero-order valence-corrected chi connectivity index (χ0v) is 15.9. The standard InChI is InChI=1S/C19H20N2O2S2/c1-3-23-16-6-4-14(5-7-16)19-21-15(12-25-19)10-18(22)20-11-17-13(2)8-9-24-17/h4-9,12H,3,10-11H2,1-2H3,(H,20,22). The molecule has 2 aromatic heterocycles. The van der Waals surface area contributed by atoms with Crippen molar-refractivity contribution in [3.63, 3.8) is 0 Å². The molecule has 4 nitrogen and oxygen atoms in total. The molecular weight excluding hydrogens is 352 g/mol. The van der Waals surface area contributed by atoms with E-state index >= 15 is 0 Å². The first-order valence-electron chi connectivity index (χ1n) is 8.13. The van der Waals surface area contributed by atoms with Crippen LogP contribution < -0.4 is 10.1 Å². The second-order valence-electron chi connectivity index (χ2n) is 5.58. The van der Waals surface area contributed by atoms with Gasteiger partial charge in [0, 0.05) is 15.8 Å². The molecule has 0 radical (unpaired) electrons. The largest absolute Gasteiger partial charge is 0.494 e. The minimum absolute atomic E-state index is 0.00339. The Hall–Kier alpha value is -2.18. The third kappa shape index (κ3) is 4.67. The number of amides is 1. The number of aryl methyl sites for hydroxylation is 1. The number of aromatic nitrogens is 1. The van der Waals surface area contributed by atoms with Crippen LogP contribution >= 0.6 is 22.7 Å². The highest BCUT2D eigenvalue weighted by Gasteiger charge is 2.10. The van der Waals surface area contributed by atoms with Gasteiger partial charge in [-0.25, -0.2) is 4.98 Å². The Labute approximate surface area is 155 Å². The molecule has 0 atom stereocenters. The number of rotatable bonds is 7. The van der Waals surface area contributed by atoms with Gasteiger partial charge in [-0.3, -0.25) is 4.79 Å². The molecule has 25 heavy (non-hydrogen) atoms. The third-order valence-electron chi connectivity index (χ3n) is 3.72. The normalized spacial score (nSPS) is 10.6. The molecule has 0 aliphatic carbocycles. The fourth-order valence-corrected chi connectivity index (χ4v) is 4.04. The minimum Gasteiger partial charge on any atom is -0.494 e. The topological polar surface area (TPSA) is 51.2 Å². The second kappa shape index (κ2) is 8.27. The molecule has 0 fully saturated rings. The van der Waals surface area contributed by atoms with Gasteiger partial charge in [0.1, 0.15) is 10.8 Å². The summed E-state index contributed by atoms with van der Waals surface area (Å²) in [6.07, 6.45) is 0.304. The average molecular weight is 373 g/mol. The van der Waals surface area contributed by atoms with Crippen LogP contribution in [0.5, 0.6) is 5.75 Å². The van der Waals surface area contributed by atoms with Gasteiger partial charge in [0.15, 0.2) is 0 Å². The summed E-state index contributed by atoms with van der Waals surface area (Å²) in [5.41, 5.74) is 3.06. The Morgan fingerprint density at radius 3 is 2.68 bits per heavy atom. The SMILES string of the molecule is CCOc1ccc(-c2nc(CC(=O)NCc3sccc3C)cs2)cc1. The summed E-state index contributed by atoms with van der Waals surface area (Å²) in [5, 5.41) is 7.87. The monoisotopic (exact) mass is 372 g/mol. The Bertz CT molecular complexity index is 837. The summed E-state index contributed by atoms with van der Waals surface area (Å²) in [5.74, 6) is 0.850. The Kier molecular flexibility index (Phi) is 5.83. The smallest absolute Gasteiger partial charge is 0.226 e. The Morgan fingerprint density at radius 1 is 1.20 bits per heavy atom. The number of carbonyl (C=O) groups is 1. The van der Waals surface area contributed by atoms with Crippen molar-refractivity contribution in [1.82, 2.24) is 10.3 Å². The fraction of sp³-hybridized carbons (Fsp3) is 0.263. The molecule has 0 saturated heterocycles. The molecule has 0 aliphatic rings. The third-order valence-corrected chi connectivity index (χ3v) is 5.68. The average Bonchev–Trinajstić information content (AvgIpc) is 3.23. The molecule has 1 amide bonds. The molecule has 3 rings (SSSR count). The van der Waals surface area contributed by atoms with E-state index in [2.05, 4.69) is 23.3 Å². The van der Waals surface area contributed by atoms with E-state index in [1.807, 2.05) is 41.9 Å². The van der Waals surface area contributed by atoms with Crippen LogP contribution in [0.15, 0.2) is 41.1 Å². The molecule has 130 valence electrons. The van der Waals surface area contributed by atoms with Gasteiger partial charge in [0.05, 0.1) is 25.3 Å². The van der Waals surface area contributed by atoms with Gasteiger partial charge in [0.2, 0.25) is 5.91 Å². The summed E-state index contributed by atoms with van der Waals surface area (Å²) < 4.78 is 5.45. The molecule has 1 aromatic carbocycles. The number of hydrogen-bond acceptors (Lipinski definition) is 5. The molecule has 0 saturated carbocycles. The number of benzene rings is 1.